The van der Waals surface area contributed by atoms with Crippen LogP contribution in [0.25, 0.3) is 0 Å². The Morgan fingerprint density at radius 2 is 1.83 bits per heavy atom. The largest absolute Gasteiger partial charge is 0.339 e. The van der Waals surface area contributed by atoms with Crippen molar-refractivity contribution in [2.75, 3.05) is 36.0 Å². The summed E-state index contributed by atoms with van der Waals surface area (Å²) in [4.78, 5) is 17.7. The van der Waals surface area contributed by atoms with Crippen molar-refractivity contribution >= 4 is 12.0 Å². The number of halogens is 2. The summed E-state index contributed by atoms with van der Waals surface area (Å²) in [5.41, 5.74) is 7.68. The van der Waals surface area contributed by atoms with Crippen molar-refractivity contribution in [3.63, 3.8) is 0 Å². The topological polar surface area (TPSA) is 97.2 Å². The molecule has 2 unspecified atom stereocenters. The van der Waals surface area contributed by atoms with E-state index in [0.717, 1.165) is 62.3 Å². The molecule has 2 saturated heterocycles. The molecule has 2 N–H and O–H groups in total. The van der Waals surface area contributed by atoms with E-state index in [1.54, 1.807) is 0 Å². The van der Waals surface area contributed by atoms with E-state index in [2.05, 4.69) is 38.9 Å². The first-order chi connectivity index (χ1) is 17.4. The van der Waals surface area contributed by atoms with Crippen LogP contribution in [0.5, 0.6) is 0 Å². The summed E-state index contributed by atoms with van der Waals surface area (Å²) >= 11 is 0. The highest BCUT2D eigenvalue weighted by atomic mass is 19.1. The molecule has 0 spiro atoms. The smallest absolute Gasteiger partial charge is 0.324 e. The number of piperidine rings is 1. The molecule has 5 rings (SSSR count). The Labute approximate surface area is 209 Å². The van der Waals surface area contributed by atoms with Gasteiger partial charge in [0.25, 0.3) is 0 Å². The molecule has 0 amide bonds. The number of anilines is 2. The molecule has 4 heterocycles. The van der Waals surface area contributed by atoms with Gasteiger partial charge in [0.05, 0.1) is 0 Å². The zero-order valence-electron chi connectivity index (χ0n) is 20.8. The Hall–Kier alpha value is -3.14. The molecule has 2 aromatic heterocycles. The van der Waals surface area contributed by atoms with E-state index in [-0.39, 0.29) is 17.9 Å². The van der Waals surface area contributed by atoms with E-state index in [4.69, 9.17) is 10.3 Å². The minimum Gasteiger partial charge on any atom is -0.339 e. The summed E-state index contributed by atoms with van der Waals surface area (Å²) in [5.74, 6) is 1.02. The second-order valence-corrected chi connectivity index (χ2v) is 10.3. The number of aryl methyl sites for hydroxylation is 1. The monoisotopic (exact) mass is 497 g/mol. The lowest BCUT2D eigenvalue weighted by molar-refractivity contribution is 0.348. The quantitative estimate of drug-likeness (QED) is 0.522. The molecule has 192 valence electrons. The number of hydrogen-bond acceptors (Lipinski definition) is 8. The highest BCUT2D eigenvalue weighted by Gasteiger charge is 2.34. The first-order valence-electron chi connectivity index (χ1n) is 12.7. The summed E-state index contributed by atoms with van der Waals surface area (Å²) < 4.78 is 33.4. The summed E-state index contributed by atoms with van der Waals surface area (Å²) in [7, 11) is 0. The van der Waals surface area contributed by atoms with Gasteiger partial charge in [-0.25, -0.2) is 18.7 Å². The number of aromatic nitrogens is 4. The van der Waals surface area contributed by atoms with Crippen molar-refractivity contribution in [3.05, 3.63) is 59.2 Å². The van der Waals surface area contributed by atoms with Crippen LogP contribution < -0.4 is 15.5 Å². The van der Waals surface area contributed by atoms with Gasteiger partial charge >= 0.3 is 6.01 Å². The molecular weight excluding hydrogens is 464 g/mol. The van der Waals surface area contributed by atoms with Crippen LogP contribution in [0.1, 0.15) is 61.9 Å². The molecule has 3 aromatic rings. The fourth-order valence-corrected chi connectivity index (χ4v) is 5.13. The summed E-state index contributed by atoms with van der Waals surface area (Å²) in [6.45, 7) is 6.91. The van der Waals surface area contributed by atoms with Gasteiger partial charge in [0.15, 0.2) is 5.82 Å². The second kappa shape index (κ2) is 10.5. The third kappa shape index (κ3) is 5.33. The van der Waals surface area contributed by atoms with Gasteiger partial charge in [-0.15, -0.1) is 0 Å². The van der Waals surface area contributed by atoms with E-state index in [0.29, 0.717) is 36.5 Å². The number of hydrogen-bond donors (Lipinski definition) is 1. The fourth-order valence-electron chi connectivity index (χ4n) is 5.13. The molecule has 2 aliphatic heterocycles. The highest BCUT2D eigenvalue weighted by molar-refractivity contribution is 5.38. The van der Waals surface area contributed by atoms with Crippen molar-refractivity contribution < 1.29 is 13.3 Å². The lowest BCUT2D eigenvalue weighted by Crippen LogP contribution is -2.34. The number of rotatable bonds is 7. The van der Waals surface area contributed by atoms with E-state index in [1.807, 2.05) is 17.3 Å². The first kappa shape index (κ1) is 24.5. The standard InChI is InChI=1S/C26H33F2N7O/c1-16(2)24-32-26(36-33-24)34-9-7-17(8-10-34)3-4-18-12-30-25(31-13-18)35-14-21(23(29)15-35)20-11-19(27)5-6-22(20)28/h5-6,11-13,16-17,21,23H,3-4,7-10,14-15,29H2,1-2H3. The van der Waals surface area contributed by atoms with Crippen molar-refractivity contribution in [2.45, 2.75) is 57.4 Å². The molecular formula is C26H33F2N7O. The average Bonchev–Trinajstić information content (AvgIpc) is 3.52. The molecule has 2 atom stereocenters. The van der Waals surface area contributed by atoms with Crippen LogP contribution in [0.3, 0.4) is 0 Å². The molecule has 0 bridgehead atoms. The Balaban J connectivity index is 1.11. The van der Waals surface area contributed by atoms with Gasteiger partial charge in [-0.05, 0) is 60.9 Å². The van der Waals surface area contributed by atoms with Crippen LogP contribution >= 0.6 is 0 Å². The second-order valence-electron chi connectivity index (χ2n) is 10.3. The maximum Gasteiger partial charge on any atom is 0.324 e. The van der Waals surface area contributed by atoms with Crippen molar-refractivity contribution in [3.8, 4) is 0 Å². The summed E-state index contributed by atoms with van der Waals surface area (Å²) in [5, 5.41) is 4.07. The summed E-state index contributed by atoms with van der Waals surface area (Å²) in [6.07, 6.45) is 7.90. The third-order valence-electron chi connectivity index (χ3n) is 7.37. The summed E-state index contributed by atoms with van der Waals surface area (Å²) in [6, 6.07) is 3.83. The Morgan fingerprint density at radius 1 is 1.08 bits per heavy atom. The fraction of sp³-hybridized carbons (Fsp3) is 0.538. The van der Waals surface area contributed by atoms with Gasteiger partial charge in [-0.2, -0.15) is 4.98 Å². The predicted octanol–water partition coefficient (Wildman–Crippen LogP) is 4.04. The van der Waals surface area contributed by atoms with Gasteiger partial charge < -0.3 is 20.1 Å². The lowest BCUT2D eigenvalue weighted by Gasteiger charge is -2.30. The van der Waals surface area contributed by atoms with E-state index in [1.165, 1.54) is 6.07 Å². The normalized spacial score (nSPS) is 21.1. The minimum absolute atomic E-state index is 0.258. The number of benzene rings is 1. The zero-order valence-corrected chi connectivity index (χ0v) is 20.8. The minimum atomic E-state index is -0.460. The van der Waals surface area contributed by atoms with Gasteiger partial charge in [0, 0.05) is 56.5 Å². The van der Waals surface area contributed by atoms with Gasteiger partial charge in [0.1, 0.15) is 11.6 Å². The van der Waals surface area contributed by atoms with Gasteiger partial charge in [-0.1, -0.05) is 19.0 Å². The van der Waals surface area contributed by atoms with Crippen LogP contribution in [0.15, 0.2) is 35.1 Å². The van der Waals surface area contributed by atoms with E-state index in [9.17, 15) is 8.78 Å². The lowest BCUT2D eigenvalue weighted by atomic mass is 9.91. The van der Waals surface area contributed by atoms with E-state index < -0.39 is 11.6 Å². The Morgan fingerprint density at radius 3 is 2.53 bits per heavy atom. The zero-order chi connectivity index (χ0) is 25.2. The van der Waals surface area contributed by atoms with Gasteiger partial charge in [-0.3, -0.25) is 0 Å². The average molecular weight is 498 g/mol. The molecule has 36 heavy (non-hydrogen) atoms. The number of nitrogens with zero attached hydrogens (tertiary/aromatic N) is 6. The Bertz CT molecular complexity index is 1160. The molecule has 8 nitrogen and oxygen atoms in total. The van der Waals surface area contributed by atoms with Crippen molar-refractivity contribution in [2.24, 2.45) is 11.7 Å². The molecule has 10 heteroatoms. The predicted molar refractivity (Wildman–Crippen MR) is 133 cm³/mol. The maximum atomic E-state index is 14.3. The molecule has 1 aromatic carbocycles. The van der Waals surface area contributed by atoms with Gasteiger partial charge in [0.2, 0.25) is 5.95 Å². The first-order valence-corrected chi connectivity index (χ1v) is 12.7. The third-order valence-corrected chi connectivity index (χ3v) is 7.37. The van der Waals surface area contributed by atoms with E-state index >= 15 is 0 Å². The Kier molecular flexibility index (Phi) is 7.13. The molecule has 0 aliphatic carbocycles. The number of nitrogens with two attached hydrogens (primary N) is 1. The highest BCUT2D eigenvalue weighted by Crippen LogP contribution is 2.31. The van der Waals surface area contributed by atoms with Crippen LogP contribution in [-0.4, -0.2) is 52.3 Å². The van der Waals surface area contributed by atoms with Crippen molar-refractivity contribution in [1.29, 1.82) is 0 Å². The SMILES string of the molecule is CC(C)c1noc(N2CCC(CCc3cnc(N4CC(N)C(c5cc(F)ccc5F)C4)nc3)CC2)n1. The van der Waals surface area contributed by atoms with Crippen LogP contribution in [0.4, 0.5) is 20.7 Å². The molecule has 2 aliphatic rings. The molecule has 0 saturated carbocycles. The van der Waals surface area contributed by atoms with Crippen molar-refractivity contribution in [1.82, 2.24) is 20.1 Å². The molecule has 2 fully saturated rings. The van der Waals surface area contributed by atoms with Crippen LogP contribution in [0, 0.1) is 17.6 Å². The maximum absolute atomic E-state index is 14.3. The van der Waals surface area contributed by atoms with Crippen LogP contribution in [0.2, 0.25) is 0 Å². The van der Waals surface area contributed by atoms with Crippen LogP contribution in [-0.2, 0) is 6.42 Å². The molecule has 0 radical (unpaired) electrons.